The largest absolute Gasteiger partial charge is 0.457 e. The summed E-state index contributed by atoms with van der Waals surface area (Å²) in [5.74, 6) is 2.52. The molecular formula is C57H34N2OS. The zero-order valence-corrected chi connectivity index (χ0v) is 33.7. The van der Waals surface area contributed by atoms with Gasteiger partial charge in [0.25, 0.3) is 0 Å². The van der Waals surface area contributed by atoms with Gasteiger partial charge in [0.2, 0.25) is 0 Å². The summed E-state index contributed by atoms with van der Waals surface area (Å²) >= 11 is 1.76. The number of nitrogens with zero attached hydrogens (tertiary/aromatic N) is 2. The standard InChI is InChI=1S/C57H34N2OS/c1-2-12-35(13-3-1)36-24-28-40(29-25-36)56-58-53(55-54(59-56)44-16-6-11-21-51(44)61-55)39-26-22-37(23-27-39)41-30-32-43-48(34-41)57(47-33-31-38-14-4-5-15-42(38)52(43)47)45-17-7-9-19-49(45)60-50-20-10-8-18-46(50)57/h1-34H. The van der Waals surface area contributed by atoms with Crippen LogP contribution >= 0.6 is 11.3 Å². The van der Waals surface area contributed by atoms with Crippen LogP contribution in [0.4, 0.5) is 0 Å². The van der Waals surface area contributed by atoms with E-state index in [1.807, 2.05) is 6.07 Å². The highest BCUT2D eigenvalue weighted by molar-refractivity contribution is 7.26. The maximum Gasteiger partial charge on any atom is 0.160 e. The van der Waals surface area contributed by atoms with E-state index in [1.165, 1.54) is 48.9 Å². The number of benzene rings is 9. The zero-order valence-electron chi connectivity index (χ0n) is 32.8. The Morgan fingerprint density at radius 3 is 1.77 bits per heavy atom. The van der Waals surface area contributed by atoms with E-state index in [0.717, 1.165) is 72.0 Å². The Kier molecular flexibility index (Phi) is 7.39. The molecule has 0 amide bonds. The number of ether oxygens (including phenoxy) is 1. The SMILES string of the molecule is c1ccc(-c2ccc(-c3nc(-c4ccc(-c5ccc6c(c5)C5(c7ccccc7Oc7ccccc75)c5ccc7ccccc7c5-6)cc4)c4sc5ccccc5c4n3)cc2)cc1. The third-order valence-electron chi connectivity index (χ3n) is 12.8. The molecule has 2 aromatic heterocycles. The van der Waals surface area contributed by atoms with E-state index in [2.05, 4.69) is 200 Å². The Morgan fingerprint density at radius 2 is 1.00 bits per heavy atom. The quantitative estimate of drug-likeness (QED) is 0.178. The lowest BCUT2D eigenvalue weighted by Crippen LogP contribution is -2.32. The molecule has 3 heterocycles. The van der Waals surface area contributed by atoms with Gasteiger partial charge in [-0.05, 0) is 79.5 Å². The molecule has 61 heavy (non-hydrogen) atoms. The maximum atomic E-state index is 6.65. The highest BCUT2D eigenvalue weighted by Crippen LogP contribution is 2.63. The van der Waals surface area contributed by atoms with Crippen LogP contribution < -0.4 is 4.74 Å². The summed E-state index contributed by atoms with van der Waals surface area (Å²) in [5, 5.41) is 3.66. The highest BCUT2D eigenvalue weighted by Gasteiger charge is 2.51. The smallest absolute Gasteiger partial charge is 0.160 e. The molecule has 11 aromatic rings. The van der Waals surface area contributed by atoms with Gasteiger partial charge < -0.3 is 4.74 Å². The van der Waals surface area contributed by atoms with Crippen LogP contribution in [-0.2, 0) is 5.41 Å². The summed E-state index contributed by atoms with van der Waals surface area (Å²) in [5.41, 5.74) is 15.6. The third-order valence-corrected chi connectivity index (χ3v) is 14.0. The number of para-hydroxylation sites is 2. The molecule has 0 fully saturated rings. The van der Waals surface area contributed by atoms with Gasteiger partial charge in [-0.15, -0.1) is 11.3 Å². The van der Waals surface area contributed by atoms with Gasteiger partial charge in [0.15, 0.2) is 5.82 Å². The van der Waals surface area contributed by atoms with Crippen LogP contribution in [0.3, 0.4) is 0 Å². The Labute approximate surface area is 356 Å². The number of hydrogen-bond donors (Lipinski definition) is 0. The Bertz CT molecular complexity index is 3510. The van der Waals surface area contributed by atoms with E-state index in [9.17, 15) is 0 Å². The molecule has 3 nitrogen and oxygen atoms in total. The van der Waals surface area contributed by atoms with Crippen LogP contribution in [0.1, 0.15) is 22.3 Å². The van der Waals surface area contributed by atoms with E-state index >= 15 is 0 Å². The Balaban J connectivity index is 0.969. The van der Waals surface area contributed by atoms with Crippen LogP contribution in [0.2, 0.25) is 0 Å². The molecule has 0 bridgehead atoms. The first-order valence-corrected chi connectivity index (χ1v) is 21.5. The van der Waals surface area contributed by atoms with Crippen LogP contribution in [0.25, 0.3) is 87.1 Å². The van der Waals surface area contributed by atoms with E-state index in [1.54, 1.807) is 11.3 Å². The van der Waals surface area contributed by atoms with Crippen LogP contribution in [0, 0.1) is 0 Å². The molecule has 0 saturated heterocycles. The second kappa shape index (κ2) is 13.2. The van der Waals surface area contributed by atoms with Crippen molar-refractivity contribution in [2.24, 2.45) is 0 Å². The first kappa shape index (κ1) is 34.2. The van der Waals surface area contributed by atoms with Crippen molar-refractivity contribution in [3.63, 3.8) is 0 Å². The molecule has 1 aliphatic carbocycles. The molecular weight excluding hydrogens is 761 g/mol. The average Bonchev–Trinajstić information content (AvgIpc) is 3.85. The van der Waals surface area contributed by atoms with Gasteiger partial charge in [-0.3, -0.25) is 0 Å². The minimum atomic E-state index is -0.556. The number of rotatable bonds is 4. The number of hydrogen-bond acceptors (Lipinski definition) is 4. The van der Waals surface area contributed by atoms with Crippen molar-refractivity contribution in [1.82, 2.24) is 9.97 Å². The van der Waals surface area contributed by atoms with Crippen LogP contribution in [-0.4, -0.2) is 9.97 Å². The van der Waals surface area contributed by atoms with Crippen molar-refractivity contribution in [2.45, 2.75) is 5.41 Å². The normalized spacial score (nSPS) is 13.2. The van der Waals surface area contributed by atoms with Gasteiger partial charge in [-0.25, -0.2) is 9.97 Å². The molecule has 9 aromatic carbocycles. The second-order valence-electron chi connectivity index (χ2n) is 16.0. The molecule has 4 heteroatoms. The minimum absolute atomic E-state index is 0.556. The molecule has 1 aliphatic heterocycles. The molecule has 0 radical (unpaired) electrons. The predicted molar refractivity (Wildman–Crippen MR) is 252 cm³/mol. The van der Waals surface area contributed by atoms with Gasteiger partial charge in [0.05, 0.1) is 21.3 Å². The van der Waals surface area contributed by atoms with Crippen LogP contribution in [0.15, 0.2) is 206 Å². The molecule has 0 N–H and O–H groups in total. The van der Waals surface area contributed by atoms with Crippen molar-refractivity contribution in [2.75, 3.05) is 0 Å². The van der Waals surface area contributed by atoms with E-state index in [4.69, 9.17) is 14.7 Å². The highest BCUT2D eigenvalue weighted by atomic mass is 32.1. The molecule has 2 aliphatic rings. The van der Waals surface area contributed by atoms with Crippen molar-refractivity contribution in [3.8, 4) is 67.5 Å². The summed E-state index contributed by atoms with van der Waals surface area (Å²) < 4.78 is 8.96. The zero-order chi connectivity index (χ0) is 40.1. The summed E-state index contributed by atoms with van der Waals surface area (Å²) in [6.45, 7) is 0. The fourth-order valence-electron chi connectivity index (χ4n) is 10.0. The number of thiophene rings is 1. The Morgan fingerprint density at radius 1 is 0.410 bits per heavy atom. The minimum Gasteiger partial charge on any atom is -0.457 e. The lowest BCUT2D eigenvalue weighted by atomic mass is 9.66. The van der Waals surface area contributed by atoms with Crippen molar-refractivity contribution in [3.05, 3.63) is 229 Å². The lowest BCUT2D eigenvalue weighted by molar-refractivity contribution is 0.436. The number of fused-ring (bicyclic) bond motifs is 14. The predicted octanol–water partition coefficient (Wildman–Crippen LogP) is 15.1. The molecule has 1 spiro atoms. The fraction of sp³-hybridized carbons (Fsp3) is 0.0175. The van der Waals surface area contributed by atoms with Crippen molar-refractivity contribution in [1.29, 1.82) is 0 Å². The summed E-state index contributed by atoms with van der Waals surface area (Å²) in [6, 6.07) is 74.3. The molecule has 284 valence electrons. The van der Waals surface area contributed by atoms with Crippen molar-refractivity contribution < 1.29 is 4.74 Å². The first-order chi connectivity index (χ1) is 30.2. The third kappa shape index (κ3) is 5.03. The maximum absolute atomic E-state index is 6.65. The van der Waals surface area contributed by atoms with Gasteiger partial charge in [-0.2, -0.15) is 0 Å². The molecule has 0 saturated carbocycles. The molecule has 0 unspecified atom stereocenters. The number of aromatic nitrogens is 2. The van der Waals surface area contributed by atoms with Crippen LogP contribution in [0.5, 0.6) is 11.5 Å². The van der Waals surface area contributed by atoms with Crippen molar-refractivity contribution >= 4 is 42.4 Å². The van der Waals surface area contributed by atoms with Gasteiger partial charge >= 0.3 is 0 Å². The summed E-state index contributed by atoms with van der Waals surface area (Å²) in [4.78, 5) is 10.5. The van der Waals surface area contributed by atoms with Gasteiger partial charge in [0, 0.05) is 32.3 Å². The molecule has 0 atom stereocenters. The summed E-state index contributed by atoms with van der Waals surface area (Å²) in [7, 11) is 0. The topological polar surface area (TPSA) is 35.0 Å². The molecule has 13 rings (SSSR count). The second-order valence-corrected chi connectivity index (χ2v) is 17.1. The van der Waals surface area contributed by atoms with E-state index in [-0.39, 0.29) is 0 Å². The van der Waals surface area contributed by atoms with Gasteiger partial charge in [-0.1, -0.05) is 182 Å². The Hall–Kier alpha value is -7.66. The average molecular weight is 795 g/mol. The monoisotopic (exact) mass is 794 g/mol. The summed E-state index contributed by atoms with van der Waals surface area (Å²) in [6.07, 6.45) is 0. The van der Waals surface area contributed by atoms with Gasteiger partial charge in [0.1, 0.15) is 11.5 Å². The van der Waals surface area contributed by atoms with E-state index < -0.39 is 5.41 Å². The van der Waals surface area contributed by atoms with E-state index in [0.29, 0.717) is 0 Å². The lowest BCUT2D eigenvalue weighted by Gasteiger charge is -2.39. The first-order valence-electron chi connectivity index (χ1n) is 20.7. The fourth-order valence-corrected chi connectivity index (χ4v) is 11.2.